The molecule has 1 heterocycles. The van der Waals surface area contributed by atoms with Crippen LogP contribution in [0, 0.1) is 0 Å². The molecule has 1 aliphatic heterocycles. The van der Waals surface area contributed by atoms with Gasteiger partial charge in [-0.15, -0.1) is 0 Å². The maximum absolute atomic E-state index is 12.9. The van der Waals surface area contributed by atoms with Crippen LogP contribution in [0.4, 0.5) is 11.4 Å². The normalized spacial score (nSPS) is 14.8. The predicted octanol–water partition coefficient (Wildman–Crippen LogP) is 3.17. The summed E-state index contributed by atoms with van der Waals surface area (Å²) >= 11 is 3.32. The van der Waals surface area contributed by atoms with Gasteiger partial charge in [0.2, 0.25) is 0 Å². The smallest absolute Gasteiger partial charge is 0.265 e. The quantitative estimate of drug-likeness (QED) is 0.830. The fourth-order valence-electron chi connectivity index (χ4n) is 2.64. The standard InChI is InChI=1S/C15H15BrN2O2S/c16-12-6-1-2-9-15(12)21(19,20)18-10-4-5-11-13(17)7-3-8-14(11)18/h1-3,6-9H,4-5,10,17H2. The van der Waals surface area contributed by atoms with Gasteiger partial charge in [-0.2, -0.15) is 0 Å². The van der Waals surface area contributed by atoms with Crippen molar-refractivity contribution in [1.29, 1.82) is 0 Å². The molecule has 6 heteroatoms. The second-order valence-corrected chi connectivity index (χ2v) is 7.64. The molecule has 0 radical (unpaired) electrons. The van der Waals surface area contributed by atoms with Gasteiger partial charge in [0.15, 0.2) is 0 Å². The monoisotopic (exact) mass is 366 g/mol. The number of halogens is 1. The van der Waals surface area contributed by atoms with Crippen molar-refractivity contribution in [3.8, 4) is 0 Å². The molecule has 0 spiro atoms. The average molecular weight is 367 g/mol. The van der Waals surface area contributed by atoms with Crippen molar-refractivity contribution >= 4 is 37.3 Å². The molecular formula is C15H15BrN2O2S. The lowest BCUT2D eigenvalue weighted by Crippen LogP contribution is -2.35. The molecule has 0 aromatic heterocycles. The lowest BCUT2D eigenvalue weighted by atomic mass is 10.0. The molecule has 110 valence electrons. The van der Waals surface area contributed by atoms with Crippen molar-refractivity contribution in [2.75, 3.05) is 16.6 Å². The van der Waals surface area contributed by atoms with E-state index >= 15 is 0 Å². The number of nitrogens with two attached hydrogens (primary N) is 1. The zero-order valence-corrected chi connectivity index (χ0v) is 13.7. The molecule has 0 amide bonds. The Kier molecular flexibility index (Phi) is 3.67. The highest BCUT2D eigenvalue weighted by Crippen LogP contribution is 2.36. The summed E-state index contributed by atoms with van der Waals surface area (Å²) in [5.41, 5.74) is 8.24. The number of nitrogen functional groups attached to an aromatic ring is 1. The van der Waals surface area contributed by atoms with E-state index in [-0.39, 0.29) is 4.90 Å². The van der Waals surface area contributed by atoms with E-state index < -0.39 is 10.0 Å². The van der Waals surface area contributed by atoms with E-state index in [2.05, 4.69) is 15.9 Å². The number of hydrogen-bond donors (Lipinski definition) is 1. The first-order chi connectivity index (χ1) is 10.0. The molecule has 3 rings (SSSR count). The summed E-state index contributed by atoms with van der Waals surface area (Å²) in [6, 6.07) is 12.3. The topological polar surface area (TPSA) is 63.4 Å². The van der Waals surface area contributed by atoms with E-state index in [1.165, 1.54) is 4.31 Å². The number of rotatable bonds is 2. The molecule has 4 nitrogen and oxygen atoms in total. The van der Waals surface area contributed by atoms with Crippen LogP contribution < -0.4 is 10.0 Å². The van der Waals surface area contributed by atoms with Crippen LogP contribution in [-0.2, 0) is 16.4 Å². The summed E-state index contributed by atoms with van der Waals surface area (Å²) in [6.45, 7) is 0.472. The van der Waals surface area contributed by atoms with Crippen molar-refractivity contribution < 1.29 is 8.42 Å². The first-order valence-corrected chi connectivity index (χ1v) is 8.90. The number of hydrogen-bond acceptors (Lipinski definition) is 3. The highest BCUT2D eigenvalue weighted by molar-refractivity contribution is 9.10. The second-order valence-electron chi connectivity index (χ2n) is 4.96. The van der Waals surface area contributed by atoms with Gasteiger partial charge in [-0.1, -0.05) is 18.2 Å². The predicted molar refractivity (Wildman–Crippen MR) is 87.8 cm³/mol. The Hall–Kier alpha value is -1.53. The summed E-state index contributed by atoms with van der Waals surface area (Å²) in [6.07, 6.45) is 1.58. The molecule has 0 fully saturated rings. The molecule has 2 aromatic carbocycles. The van der Waals surface area contributed by atoms with E-state index in [1.54, 1.807) is 30.3 Å². The molecule has 1 aliphatic rings. The van der Waals surface area contributed by atoms with Gasteiger partial charge >= 0.3 is 0 Å². The van der Waals surface area contributed by atoms with Gasteiger partial charge in [0.1, 0.15) is 4.90 Å². The van der Waals surface area contributed by atoms with Crippen LogP contribution >= 0.6 is 15.9 Å². The van der Waals surface area contributed by atoms with Crippen LogP contribution in [0.25, 0.3) is 0 Å². The van der Waals surface area contributed by atoms with Crippen LogP contribution in [0.3, 0.4) is 0 Å². The van der Waals surface area contributed by atoms with Gasteiger partial charge < -0.3 is 5.73 Å². The molecular weight excluding hydrogens is 352 g/mol. The Morgan fingerprint density at radius 2 is 1.86 bits per heavy atom. The highest BCUT2D eigenvalue weighted by Gasteiger charge is 2.30. The van der Waals surface area contributed by atoms with E-state index in [1.807, 2.05) is 12.1 Å². The Balaban J connectivity index is 2.15. The lowest BCUT2D eigenvalue weighted by Gasteiger charge is -2.31. The van der Waals surface area contributed by atoms with Gasteiger partial charge in [0.25, 0.3) is 10.0 Å². The zero-order valence-electron chi connectivity index (χ0n) is 11.3. The first kappa shape index (κ1) is 14.4. The third kappa shape index (κ3) is 2.42. The Labute approximate surface area is 132 Å². The number of fused-ring (bicyclic) bond motifs is 1. The Bertz CT molecular complexity index is 790. The number of benzene rings is 2. The summed E-state index contributed by atoms with van der Waals surface area (Å²) < 4.78 is 27.9. The van der Waals surface area contributed by atoms with Crippen LogP contribution in [0.1, 0.15) is 12.0 Å². The molecule has 0 saturated heterocycles. The van der Waals surface area contributed by atoms with E-state index in [0.717, 1.165) is 18.4 Å². The molecule has 0 aliphatic carbocycles. The molecule has 21 heavy (non-hydrogen) atoms. The van der Waals surface area contributed by atoms with Crippen LogP contribution in [0.2, 0.25) is 0 Å². The molecule has 0 atom stereocenters. The molecule has 2 N–H and O–H groups in total. The maximum Gasteiger partial charge on any atom is 0.265 e. The van der Waals surface area contributed by atoms with Gasteiger partial charge in [0.05, 0.1) is 5.69 Å². The highest BCUT2D eigenvalue weighted by atomic mass is 79.9. The van der Waals surface area contributed by atoms with Crippen LogP contribution in [0.5, 0.6) is 0 Å². The third-order valence-electron chi connectivity index (χ3n) is 3.65. The minimum Gasteiger partial charge on any atom is -0.398 e. The molecule has 2 aromatic rings. The Morgan fingerprint density at radius 1 is 1.10 bits per heavy atom. The van der Waals surface area contributed by atoms with Gasteiger partial charge in [-0.05, 0) is 58.6 Å². The maximum atomic E-state index is 12.9. The number of sulfonamides is 1. The average Bonchev–Trinajstić information content (AvgIpc) is 2.47. The lowest BCUT2D eigenvalue weighted by molar-refractivity contribution is 0.586. The SMILES string of the molecule is Nc1cccc2c1CCCN2S(=O)(=O)c1ccccc1Br. The largest absolute Gasteiger partial charge is 0.398 e. The summed E-state index contributed by atoms with van der Waals surface area (Å²) in [5, 5.41) is 0. The second kappa shape index (κ2) is 5.35. The van der Waals surface area contributed by atoms with Crippen molar-refractivity contribution in [3.63, 3.8) is 0 Å². The van der Waals surface area contributed by atoms with Gasteiger partial charge in [-0.25, -0.2) is 8.42 Å². The number of anilines is 2. The first-order valence-electron chi connectivity index (χ1n) is 6.66. The molecule has 0 saturated carbocycles. The number of nitrogens with zero attached hydrogens (tertiary/aromatic N) is 1. The minimum atomic E-state index is -3.59. The van der Waals surface area contributed by atoms with Crippen LogP contribution in [0.15, 0.2) is 51.8 Å². The molecule has 0 unspecified atom stereocenters. The zero-order chi connectivity index (χ0) is 15.0. The van der Waals surface area contributed by atoms with E-state index in [9.17, 15) is 8.42 Å². The van der Waals surface area contributed by atoms with Crippen molar-refractivity contribution in [2.45, 2.75) is 17.7 Å². The van der Waals surface area contributed by atoms with Gasteiger partial charge in [-0.3, -0.25) is 4.31 Å². The van der Waals surface area contributed by atoms with Gasteiger partial charge in [0, 0.05) is 16.7 Å². The van der Waals surface area contributed by atoms with Crippen molar-refractivity contribution in [1.82, 2.24) is 0 Å². The van der Waals surface area contributed by atoms with E-state index in [0.29, 0.717) is 22.4 Å². The fourth-order valence-corrected chi connectivity index (χ4v) is 5.14. The summed E-state index contributed by atoms with van der Waals surface area (Å²) in [7, 11) is -3.59. The fraction of sp³-hybridized carbons (Fsp3) is 0.200. The Morgan fingerprint density at radius 3 is 2.62 bits per heavy atom. The molecule has 0 bridgehead atoms. The van der Waals surface area contributed by atoms with E-state index in [4.69, 9.17) is 5.73 Å². The summed E-state index contributed by atoms with van der Waals surface area (Å²) in [5.74, 6) is 0. The third-order valence-corrected chi connectivity index (χ3v) is 6.47. The minimum absolute atomic E-state index is 0.278. The van der Waals surface area contributed by atoms with Crippen molar-refractivity contribution in [2.24, 2.45) is 0 Å². The van der Waals surface area contributed by atoms with Crippen LogP contribution in [-0.4, -0.2) is 15.0 Å². The van der Waals surface area contributed by atoms with Crippen molar-refractivity contribution in [3.05, 3.63) is 52.5 Å². The summed E-state index contributed by atoms with van der Waals surface area (Å²) in [4.78, 5) is 0.278.